The quantitative estimate of drug-likeness (QED) is 0.522. The molecule has 1 heterocycles. The van der Waals surface area contributed by atoms with Crippen LogP contribution in [0.4, 0.5) is 10.6 Å². The van der Waals surface area contributed by atoms with Crippen LogP contribution in [0.1, 0.15) is 0 Å². The normalized spacial score (nSPS) is 10.5. The summed E-state index contributed by atoms with van der Waals surface area (Å²) in [6.45, 7) is 0. The Bertz CT molecular complexity index is 290. The van der Waals surface area contributed by atoms with Gasteiger partial charge in [-0.1, -0.05) is 5.11 Å². The zero-order chi connectivity index (χ0) is 8.27. The molecule has 1 aromatic heterocycles. The lowest BCUT2D eigenvalue weighted by molar-refractivity contribution is 0.255. The van der Waals surface area contributed by atoms with Gasteiger partial charge < -0.3 is 15.8 Å². The minimum Gasteiger partial charge on any atom is -0.495 e. The van der Waals surface area contributed by atoms with E-state index in [0.717, 1.165) is 0 Å². The van der Waals surface area contributed by atoms with Crippen molar-refractivity contribution in [3.05, 3.63) is 12.1 Å². The first-order chi connectivity index (χ1) is 5.18. The molecule has 0 bridgehead atoms. The summed E-state index contributed by atoms with van der Waals surface area (Å²) < 4.78 is 0. The standard InChI is InChI=1S/C5H6N4O2/c6-5(11)9-8-3-1-2-4(10)7-3/h1-2,7,10H,(H2,6,11)/b9-8+. The molecule has 1 aromatic rings. The van der Waals surface area contributed by atoms with Crippen molar-refractivity contribution in [3.63, 3.8) is 0 Å². The number of rotatable bonds is 1. The van der Waals surface area contributed by atoms with E-state index in [9.17, 15) is 4.79 Å². The van der Waals surface area contributed by atoms with Gasteiger partial charge in [-0.25, -0.2) is 4.79 Å². The van der Waals surface area contributed by atoms with Crippen molar-refractivity contribution < 1.29 is 9.90 Å². The van der Waals surface area contributed by atoms with Crippen LogP contribution in [-0.4, -0.2) is 16.1 Å². The summed E-state index contributed by atoms with van der Waals surface area (Å²) in [4.78, 5) is 12.5. The van der Waals surface area contributed by atoms with E-state index in [1.165, 1.54) is 12.1 Å². The Balaban J connectivity index is 2.71. The highest BCUT2D eigenvalue weighted by atomic mass is 16.3. The second-order valence-electron chi connectivity index (χ2n) is 1.77. The number of hydrogen-bond donors (Lipinski definition) is 3. The molecular formula is C5H6N4O2. The third-order valence-corrected chi connectivity index (χ3v) is 0.912. The van der Waals surface area contributed by atoms with Gasteiger partial charge >= 0.3 is 6.03 Å². The number of aromatic amines is 1. The molecule has 0 fully saturated rings. The molecule has 0 saturated heterocycles. The maximum absolute atomic E-state index is 10.1. The largest absolute Gasteiger partial charge is 0.495 e. The monoisotopic (exact) mass is 154 g/mol. The Hall–Kier alpha value is -1.85. The van der Waals surface area contributed by atoms with E-state index < -0.39 is 6.03 Å². The predicted octanol–water partition coefficient (Wildman–Crippen LogP) is 0.883. The fourth-order valence-electron chi connectivity index (χ4n) is 0.534. The highest BCUT2D eigenvalue weighted by Crippen LogP contribution is 2.14. The smallest absolute Gasteiger partial charge is 0.357 e. The number of H-pyrrole nitrogens is 1. The van der Waals surface area contributed by atoms with E-state index in [0.29, 0.717) is 0 Å². The maximum Gasteiger partial charge on any atom is 0.357 e. The Morgan fingerprint density at radius 1 is 1.64 bits per heavy atom. The summed E-state index contributed by atoms with van der Waals surface area (Å²) in [5.41, 5.74) is 4.67. The molecule has 0 aliphatic heterocycles. The first kappa shape index (κ1) is 7.26. The molecule has 11 heavy (non-hydrogen) atoms. The molecule has 6 nitrogen and oxygen atoms in total. The summed E-state index contributed by atoms with van der Waals surface area (Å²) in [6.07, 6.45) is 0. The molecule has 6 heteroatoms. The lowest BCUT2D eigenvalue weighted by Crippen LogP contribution is -2.01. The van der Waals surface area contributed by atoms with Gasteiger partial charge in [0.2, 0.25) is 0 Å². The third kappa shape index (κ3) is 2.09. The van der Waals surface area contributed by atoms with E-state index in [1.54, 1.807) is 0 Å². The number of hydrogen-bond acceptors (Lipinski definition) is 3. The van der Waals surface area contributed by atoms with Crippen molar-refractivity contribution in [2.45, 2.75) is 0 Å². The highest BCUT2D eigenvalue weighted by Gasteiger charge is 1.93. The Labute approximate surface area is 61.7 Å². The third-order valence-electron chi connectivity index (χ3n) is 0.912. The van der Waals surface area contributed by atoms with Crippen LogP contribution < -0.4 is 5.73 Å². The molecule has 0 aliphatic carbocycles. The van der Waals surface area contributed by atoms with Gasteiger partial charge in [-0.3, -0.25) is 0 Å². The van der Waals surface area contributed by atoms with E-state index in [4.69, 9.17) is 5.11 Å². The van der Waals surface area contributed by atoms with Crippen LogP contribution in [0.15, 0.2) is 22.4 Å². The molecular weight excluding hydrogens is 148 g/mol. The molecule has 0 radical (unpaired) electrons. The van der Waals surface area contributed by atoms with E-state index >= 15 is 0 Å². The Morgan fingerprint density at radius 3 is 2.82 bits per heavy atom. The molecule has 0 saturated carbocycles. The van der Waals surface area contributed by atoms with Crippen LogP contribution in [0, 0.1) is 0 Å². The van der Waals surface area contributed by atoms with Crippen molar-refractivity contribution in [3.8, 4) is 5.88 Å². The van der Waals surface area contributed by atoms with Gasteiger partial charge in [0, 0.05) is 6.07 Å². The van der Waals surface area contributed by atoms with Crippen LogP contribution in [-0.2, 0) is 0 Å². The summed E-state index contributed by atoms with van der Waals surface area (Å²) in [5.74, 6) is 0.240. The average molecular weight is 154 g/mol. The van der Waals surface area contributed by atoms with Crippen LogP contribution >= 0.6 is 0 Å². The second kappa shape index (κ2) is 2.82. The summed E-state index contributed by atoms with van der Waals surface area (Å²) in [6, 6.07) is 1.97. The number of carbonyl (C=O) groups excluding carboxylic acids is 1. The average Bonchev–Trinajstić information content (AvgIpc) is 2.31. The van der Waals surface area contributed by atoms with Crippen molar-refractivity contribution in [2.24, 2.45) is 16.0 Å². The van der Waals surface area contributed by atoms with Crippen molar-refractivity contribution in [1.29, 1.82) is 0 Å². The van der Waals surface area contributed by atoms with Gasteiger partial charge in [0.1, 0.15) is 0 Å². The molecule has 0 unspecified atom stereocenters. The van der Waals surface area contributed by atoms with Crippen LogP contribution in [0.5, 0.6) is 5.88 Å². The zero-order valence-corrected chi connectivity index (χ0v) is 5.48. The molecule has 0 aromatic carbocycles. The summed E-state index contributed by atoms with van der Waals surface area (Å²) in [5, 5.41) is 15.1. The summed E-state index contributed by atoms with van der Waals surface area (Å²) in [7, 11) is 0. The fraction of sp³-hybridized carbons (Fsp3) is 0. The van der Waals surface area contributed by atoms with Crippen molar-refractivity contribution >= 4 is 11.8 Å². The number of urea groups is 1. The predicted molar refractivity (Wildman–Crippen MR) is 36.6 cm³/mol. The van der Waals surface area contributed by atoms with Gasteiger partial charge in [-0.2, -0.15) is 0 Å². The van der Waals surface area contributed by atoms with Gasteiger partial charge in [0.25, 0.3) is 0 Å². The number of nitrogens with zero attached hydrogens (tertiary/aromatic N) is 2. The number of primary amides is 1. The SMILES string of the molecule is NC(=O)/N=N/c1ccc(O)[nH]1. The lowest BCUT2D eigenvalue weighted by atomic mass is 10.6. The minimum atomic E-state index is -0.876. The van der Waals surface area contributed by atoms with Crippen LogP contribution in [0.25, 0.3) is 0 Å². The molecule has 2 amide bonds. The van der Waals surface area contributed by atoms with E-state index in [-0.39, 0.29) is 11.7 Å². The fourth-order valence-corrected chi connectivity index (χ4v) is 0.534. The number of aromatic hydroxyl groups is 1. The Kier molecular flexibility index (Phi) is 1.86. The van der Waals surface area contributed by atoms with Crippen molar-refractivity contribution in [1.82, 2.24) is 4.98 Å². The first-order valence-electron chi connectivity index (χ1n) is 2.77. The molecule has 4 N–H and O–H groups in total. The van der Waals surface area contributed by atoms with E-state index in [1.807, 2.05) is 0 Å². The lowest BCUT2D eigenvalue weighted by Gasteiger charge is -1.81. The molecule has 0 atom stereocenters. The molecule has 0 aliphatic rings. The number of amides is 2. The number of nitrogens with two attached hydrogens (primary N) is 1. The number of nitrogens with one attached hydrogen (secondary N) is 1. The molecule has 1 rings (SSSR count). The van der Waals surface area contributed by atoms with Gasteiger partial charge in [-0.05, 0) is 6.07 Å². The van der Waals surface area contributed by atoms with Crippen molar-refractivity contribution in [2.75, 3.05) is 0 Å². The summed E-state index contributed by atoms with van der Waals surface area (Å²) >= 11 is 0. The van der Waals surface area contributed by atoms with E-state index in [2.05, 4.69) is 20.9 Å². The second-order valence-corrected chi connectivity index (χ2v) is 1.77. The van der Waals surface area contributed by atoms with Gasteiger partial charge in [0.15, 0.2) is 11.7 Å². The topological polar surface area (TPSA) is 104 Å². The number of aromatic nitrogens is 1. The molecule has 0 spiro atoms. The number of azo groups is 1. The zero-order valence-electron chi connectivity index (χ0n) is 5.48. The Morgan fingerprint density at radius 2 is 2.36 bits per heavy atom. The van der Waals surface area contributed by atoms with Crippen LogP contribution in [0.2, 0.25) is 0 Å². The molecule has 58 valence electrons. The van der Waals surface area contributed by atoms with Gasteiger partial charge in [0.05, 0.1) is 0 Å². The maximum atomic E-state index is 10.1. The minimum absolute atomic E-state index is 0.0385. The highest BCUT2D eigenvalue weighted by molar-refractivity contribution is 5.72. The first-order valence-corrected chi connectivity index (χ1v) is 2.77. The van der Waals surface area contributed by atoms with Crippen LogP contribution in [0.3, 0.4) is 0 Å². The van der Waals surface area contributed by atoms with Gasteiger partial charge in [-0.15, -0.1) is 5.11 Å². The number of carbonyl (C=O) groups is 1.